The van der Waals surface area contributed by atoms with Gasteiger partial charge < -0.3 is 21.0 Å². The first-order valence-electron chi connectivity index (χ1n) is 12.9. The van der Waals surface area contributed by atoms with Crippen LogP contribution in [-0.4, -0.2) is 52.8 Å². The van der Waals surface area contributed by atoms with Gasteiger partial charge in [-0.25, -0.2) is 0 Å². The van der Waals surface area contributed by atoms with Crippen molar-refractivity contribution in [2.24, 2.45) is 13.0 Å². The molecule has 1 unspecified atom stereocenters. The number of aromatic nitrogens is 2. The fourth-order valence-electron chi connectivity index (χ4n) is 4.43. The zero-order valence-electron chi connectivity index (χ0n) is 23.4. The molecule has 214 valence electrons. The lowest BCUT2D eigenvalue weighted by molar-refractivity contribution is -0.138. The molecule has 0 saturated heterocycles. The van der Waals surface area contributed by atoms with Crippen molar-refractivity contribution in [1.29, 1.82) is 0 Å². The van der Waals surface area contributed by atoms with Crippen molar-refractivity contribution in [2.45, 2.75) is 26.9 Å². The molecular weight excluding hydrogens is 521 g/mol. The number of allylic oxidation sites excluding steroid dienone is 3. The highest BCUT2D eigenvalue weighted by molar-refractivity contribution is 6.06. The normalized spacial score (nSPS) is 17.3. The summed E-state index contributed by atoms with van der Waals surface area (Å²) in [6.07, 6.45) is 6.15. The Morgan fingerprint density at radius 1 is 1.23 bits per heavy atom. The van der Waals surface area contributed by atoms with E-state index in [2.05, 4.69) is 26.7 Å². The van der Waals surface area contributed by atoms with Gasteiger partial charge in [0.15, 0.2) is 0 Å². The maximum Gasteiger partial charge on any atom is 0.416 e. The maximum atomic E-state index is 13.8. The summed E-state index contributed by atoms with van der Waals surface area (Å²) in [4.78, 5) is 15.3. The molecule has 0 fully saturated rings. The van der Waals surface area contributed by atoms with E-state index in [0.717, 1.165) is 28.7 Å². The molecule has 2 aromatic rings. The highest BCUT2D eigenvalue weighted by Gasteiger charge is 2.34. The molecule has 1 aromatic carbocycles. The third-order valence-corrected chi connectivity index (χ3v) is 6.93. The number of nitrogens with zero attached hydrogens (tertiary/aromatic N) is 4. The number of hydrogen-bond donors (Lipinski definition) is 4. The second-order valence-electron chi connectivity index (χ2n) is 10.2. The molecule has 4 N–H and O–H groups in total. The Morgan fingerprint density at radius 3 is 2.62 bits per heavy atom. The van der Waals surface area contributed by atoms with Crippen molar-refractivity contribution < 1.29 is 18.0 Å². The number of anilines is 2. The van der Waals surface area contributed by atoms with Crippen molar-refractivity contribution >= 4 is 23.0 Å². The summed E-state index contributed by atoms with van der Waals surface area (Å²) in [7, 11) is 5.63. The van der Waals surface area contributed by atoms with Gasteiger partial charge in [-0.2, -0.15) is 18.3 Å². The van der Waals surface area contributed by atoms with Crippen molar-refractivity contribution in [3.8, 4) is 0 Å². The molecule has 12 heteroatoms. The smallest absolute Gasteiger partial charge is 0.383 e. The lowest BCUT2D eigenvalue weighted by Gasteiger charge is -2.22. The first-order chi connectivity index (χ1) is 18.8. The minimum Gasteiger partial charge on any atom is -0.383 e. The van der Waals surface area contributed by atoms with Crippen LogP contribution in [-0.2, 0) is 18.0 Å². The van der Waals surface area contributed by atoms with Gasteiger partial charge in [-0.15, -0.1) is 5.53 Å². The van der Waals surface area contributed by atoms with E-state index >= 15 is 0 Å². The number of hydrogen-bond acceptors (Lipinski definition) is 7. The highest BCUT2D eigenvalue weighted by Crippen LogP contribution is 2.37. The Balaban J connectivity index is 1.59. The average Bonchev–Trinajstić information content (AvgIpc) is 3.42. The molecule has 0 bridgehead atoms. The van der Waals surface area contributed by atoms with E-state index in [1.165, 1.54) is 13.0 Å². The second-order valence-corrected chi connectivity index (χ2v) is 10.2. The van der Waals surface area contributed by atoms with Crippen molar-refractivity contribution in [3.05, 3.63) is 82.5 Å². The summed E-state index contributed by atoms with van der Waals surface area (Å²) in [6.45, 7) is 6.47. The summed E-state index contributed by atoms with van der Waals surface area (Å²) in [5.74, 6) is -0.586. The van der Waals surface area contributed by atoms with Gasteiger partial charge in [-0.1, -0.05) is 19.1 Å². The molecule has 1 aliphatic carbocycles. The van der Waals surface area contributed by atoms with Crippen molar-refractivity contribution in [1.82, 2.24) is 30.6 Å². The number of hydrazine groups is 2. The molecule has 40 heavy (non-hydrogen) atoms. The fourth-order valence-corrected chi connectivity index (χ4v) is 4.43. The number of alkyl halides is 3. The molecule has 1 aliphatic heterocycles. The summed E-state index contributed by atoms with van der Waals surface area (Å²) in [6, 6.07) is 2.51. The minimum absolute atomic E-state index is 0.0580. The Labute approximate surface area is 232 Å². The number of carbonyl (C=O) groups is 1. The molecule has 4 rings (SSSR count). The van der Waals surface area contributed by atoms with Crippen LogP contribution in [0.15, 0.2) is 60.1 Å². The van der Waals surface area contributed by atoms with Crippen LogP contribution in [0, 0.1) is 19.8 Å². The summed E-state index contributed by atoms with van der Waals surface area (Å²) < 4.78 is 43.3. The molecule has 0 saturated carbocycles. The molecule has 1 amide bonds. The van der Waals surface area contributed by atoms with Crippen molar-refractivity contribution in [2.75, 3.05) is 37.8 Å². The van der Waals surface area contributed by atoms with Crippen LogP contribution in [0.5, 0.6) is 0 Å². The van der Waals surface area contributed by atoms with Gasteiger partial charge in [0.05, 0.1) is 17.5 Å². The second kappa shape index (κ2) is 11.6. The van der Waals surface area contributed by atoms with Gasteiger partial charge >= 0.3 is 6.18 Å². The van der Waals surface area contributed by atoms with Crippen LogP contribution in [0.4, 0.5) is 24.5 Å². The summed E-state index contributed by atoms with van der Waals surface area (Å²) >= 11 is 0. The average molecular weight is 557 g/mol. The van der Waals surface area contributed by atoms with Gasteiger partial charge in [0, 0.05) is 66.2 Å². The molecular formula is C28H35F3N8O. The van der Waals surface area contributed by atoms with E-state index in [0.29, 0.717) is 24.4 Å². The van der Waals surface area contributed by atoms with E-state index in [-0.39, 0.29) is 17.2 Å². The number of amides is 1. The van der Waals surface area contributed by atoms with E-state index in [9.17, 15) is 18.0 Å². The lowest BCUT2D eigenvalue weighted by atomic mass is 10.0. The van der Waals surface area contributed by atoms with Crippen LogP contribution in [0.25, 0.3) is 5.70 Å². The van der Waals surface area contributed by atoms with Gasteiger partial charge in [0.2, 0.25) is 0 Å². The molecule has 2 heterocycles. The predicted octanol–water partition coefficient (Wildman–Crippen LogP) is 4.31. The van der Waals surface area contributed by atoms with E-state index in [4.69, 9.17) is 0 Å². The SMILES string of the molecule is Cc1c(NCCN(C)C)cc(NC(=O)C2=CC=CC(C)C(N3C=C(c4cnn(C)c4C)NN3)=C2)cc1C(F)(F)F. The zero-order chi connectivity index (χ0) is 29.2. The number of rotatable bonds is 8. The fraction of sp³-hybridized carbons (Fsp3) is 0.357. The van der Waals surface area contributed by atoms with Crippen molar-refractivity contribution in [3.63, 3.8) is 0 Å². The standard InChI is InChI=1S/C28H35F3N8O/c1-17-8-7-9-20(12-26(17)39-16-25(35-36-39)22-15-33-38(6)19(22)3)27(40)34-21-13-23(28(29,30)31)18(2)24(14-21)32-10-11-37(4)5/h7-9,12-17,32,35-36H,10-11H2,1-6H3,(H,34,40). The molecule has 1 atom stereocenters. The molecule has 9 nitrogen and oxygen atoms in total. The quantitative estimate of drug-likeness (QED) is 0.386. The third-order valence-electron chi connectivity index (χ3n) is 6.93. The lowest BCUT2D eigenvalue weighted by Crippen LogP contribution is -2.37. The molecule has 0 radical (unpaired) electrons. The van der Waals surface area contributed by atoms with E-state index < -0.39 is 17.6 Å². The Bertz CT molecular complexity index is 1400. The maximum absolute atomic E-state index is 13.8. The minimum atomic E-state index is -4.57. The largest absolute Gasteiger partial charge is 0.416 e. The van der Waals surface area contributed by atoms with Gasteiger partial charge in [-0.05, 0) is 57.8 Å². The summed E-state index contributed by atoms with van der Waals surface area (Å²) in [5, 5.41) is 11.8. The Morgan fingerprint density at radius 2 is 1.98 bits per heavy atom. The molecule has 1 aromatic heterocycles. The zero-order valence-corrected chi connectivity index (χ0v) is 23.4. The highest BCUT2D eigenvalue weighted by atomic mass is 19.4. The predicted molar refractivity (Wildman–Crippen MR) is 150 cm³/mol. The monoisotopic (exact) mass is 556 g/mol. The number of aryl methyl sites for hydroxylation is 1. The van der Waals surface area contributed by atoms with Crippen LogP contribution < -0.4 is 21.6 Å². The van der Waals surface area contributed by atoms with Crippen LogP contribution in [0.3, 0.4) is 0 Å². The number of benzene rings is 1. The van der Waals surface area contributed by atoms with Gasteiger partial charge in [0.25, 0.3) is 5.91 Å². The van der Waals surface area contributed by atoms with Crippen LogP contribution >= 0.6 is 0 Å². The van der Waals surface area contributed by atoms with E-state index in [1.54, 1.807) is 34.1 Å². The summed E-state index contributed by atoms with van der Waals surface area (Å²) in [5.41, 5.74) is 9.69. The van der Waals surface area contributed by atoms with Crippen LogP contribution in [0.2, 0.25) is 0 Å². The first-order valence-corrected chi connectivity index (χ1v) is 12.9. The molecule has 0 spiro atoms. The topological polar surface area (TPSA) is 89.5 Å². The molecule has 2 aliphatic rings. The third kappa shape index (κ3) is 6.40. The number of carbonyl (C=O) groups excluding carboxylic acids is 1. The Kier molecular flexibility index (Phi) is 8.40. The number of nitrogens with one attached hydrogen (secondary N) is 4. The Hall–Kier alpha value is -4.03. The van der Waals surface area contributed by atoms with Gasteiger partial charge in [0.1, 0.15) is 0 Å². The number of likely N-dealkylation sites (N-methyl/N-ethyl adjacent to an activating group) is 1. The van der Waals surface area contributed by atoms with Crippen LogP contribution in [0.1, 0.15) is 29.3 Å². The first kappa shape index (κ1) is 29.0. The van der Waals surface area contributed by atoms with Gasteiger partial charge in [-0.3, -0.25) is 14.5 Å². The number of halogens is 3. The van der Waals surface area contributed by atoms with E-state index in [1.807, 2.05) is 52.2 Å².